The fourth-order valence-electron chi connectivity index (χ4n) is 3.83. The molecule has 4 rings (SSSR count). The fraction of sp³-hybridized carbons (Fsp3) is 0.250. The van der Waals surface area contributed by atoms with Gasteiger partial charge in [0, 0.05) is 17.7 Å². The first kappa shape index (κ1) is 17.8. The average Bonchev–Trinajstić information content (AvgIpc) is 3.28. The summed E-state index contributed by atoms with van der Waals surface area (Å²) in [7, 11) is 0. The van der Waals surface area contributed by atoms with Crippen molar-refractivity contribution in [2.45, 2.75) is 32.7 Å². The zero-order chi connectivity index (χ0) is 20.0. The Balaban J connectivity index is 1.67. The highest BCUT2D eigenvalue weighted by Crippen LogP contribution is 2.35. The van der Waals surface area contributed by atoms with E-state index < -0.39 is 11.9 Å². The number of carboxylic acids is 1. The maximum Gasteiger partial charge on any atom is 0.354 e. The minimum atomic E-state index is -1.21. The van der Waals surface area contributed by atoms with Crippen LogP contribution in [-0.4, -0.2) is 37.4 Å². The Morgan fingerprint density at radius 3 is 2.75 bits per heavy atom. The molecule has 8 heteroatoms. The molecule has 0 aliphatic heterocycles. The predicted octanol–water partition coefficient (Wildman–Crippen LogP) is 2.36. The van der Waals surface area contributed by atoms with Crippen LogP contribution in [0.1, 0.15) is 67.4 Å². The third kappa shape index (κ3) is 2.83. The maximum atomic E-state index is 12.9. The summed E-state index contributed by atoms with van der Waals surface area (Å²) in [5.41, 5.74) is 3.91. The second kappa shape index (κ2) is 6.56. The molecule has 1 atom stereocenters. The van der Waals surface area contributed by atoms with Gasteiger partial charge >= 0.3 is 5.97 Å². The summed E-state index contributed by atoms with van der Waals surface area (Å²) in [6.07, 6.45) is 2.94. The minimum absolute atomic E-state index is 0.0202. The molecule has 2 N–H and O–H groups in total. The van der Waals surface area contributed by atoms with Crippen molar-refractivity contribution in [1.82, 2.24) is 19.9 Å². The standard InChI is InChI=1S/C20H18N4O4/c1-10-12(11(2)25)3-4-14-13(10)5-6-15(14)23-19(26)17-9-16(20(27)28)22-18-7-8-21-24(17)18/h3-4,7-9,15H,5-6H2,1-2H3,(H,23,26)(H,27,28)/t15-/m0/s1. The van der Waals surface area contributed by atoms with Crippen LogP contribution >= 0.6 is 0 Å². The molecule has 8 nitrogen and oxygen atoms in total. The molecular weight excluding hydrogens is 360 g/mol. The summed E-state index contributed by atoms with van der Waals surface area (Å²) >= 11 is 0. The SMILES string of the molecule is CC(=O)c1ccc2c(c1C)CC[C@@H]2NC(=O)c1cc(C(=O)O)nc2ccnn12. The predicted molar refractivity (Wildman–Crippen MR) is 99.7 cm³/mol. The minimum Gasteiger partial charge on any atom is -0.477 e. The molecule has 142 valence electrons. The second-order valence-electron chi connectivity index (χ2n) is 6.86. The molecule has 1 aliphatic carbocycles. The lowest BCUT2D eigenvalue weighted by atomic mass is 9.96. The van der Waals surface area contributed by atoms with E-state index in [4.69, 9.17) is 0 Å². The number of rotatable bonds is 4. The summed E-state index contributed by atoms with van der Waals surface area (Å²) in [6.45, 7) is 3.47. The molecule has 1 aliphatic rings. The summed E-state index contributed by atoms with van der Waals surface area (Å²) in [4.78, 5) is 40.0. The van der Waals surface area contributed by atoms with E-state index in [0.29, 0.717) is 17.6 Å². The quantitative estimate of drug-likeness (QED) is 0.674. The number of hydrogen-bond donors (Lipinski definition) is 2. The van der Waals surface area contributed by atoms with E-state index >= 15 is 0 Å². The van der Waals surface area contributed by atoms with Gasteiger partial charge in [-0.1, -0.05) is 12.1 Å². The smallest absolute Gasteiger partial charge is 0.354 e. The van der Waals surface area contributed by atoms with Crippen LogP contribution in [0.2, 0.25) is 0 Å². The maximum absolute atomic E-state index is 12.9. The van der Waals surface area contributed by atoms with E-state index in [1.807, 2.05) is 13.0 Å². The molecule has 1 amide bonds. The first-order chi connectivity index (χ1) is 13.4. The van der Waals surface area contributed by atoms with Gasteiger partial charge in [0.25, 0.3) is 5.91 Å². The number of amides is 1. The highest BCUT2D eigenvalue weighted by atomic mass is 16.4. The lowest BCUT2D eigenvalue weighted by molar-refractivity contribution is 0.0690. The van der Waals surface area contributed by atoms with Gasteiger partial charge in [-0.25, -0.2) is 14.3 Å². The summed E-state index contributed by atoms with van der Waals surface area (Å²) in [5.74, 6) is -1.62. The second-order valence-corrected chi connectivity index (χ2v) is 6.86. The number of benzene rings is 1. The zero-order valence-electron chi connectivity index (χ0n) is 15.4. The number of hydrogen-bond acceptors (Lipinski definition) is 5. The number of aromatic nitrogens is 3. The van der Waals surface area contributed by atoms with E-state index in [1.165, 1.54) is 16.8 Å². The fourth-order valence-corrected chi connectivity index (χ4v) is 3.83. The van der Waals surface area contributed by atoms with Crippen LogP contribution < -0.4 is 5.32 Å². The van der Waals surface area contributed by atoms with Crippen LogP contribution in [0.3, 0.4) is 0 Å². The molecule has 0 bridgehead atoms. The van der Waals surface area contributed by atoms with Crippen LogP contribution in [0.25, 0.3) is 5.65 Å². The van der Waals surface area contributed by atoms with Crippen LogP contribution in [0.15, 0.2) is 30.5 Å². The van der Waals surface area contributed by atoms with Gasteiger partial charge in [0.05, 0.1) is 12.2 Å². The monoisotopic (exact) mass is 378 g/mol. The Kier molecular flexibility index (Phi) is 4.18. The summed E-state index contributed by atoms with van der Waals surface area (Å²) < 4.78 is 1.32. The average molecular weight is 378 g/mol. The largest absolute Gasteiger partial charge is 0.477 e. The van der Waals surface area contributed by atoms with Gasteiger partial charge in [-0.2, -0.15) is 5.10 Å². The number of carboxylic acid groups (broad SMARTS) is 1. The number of nitrogens with zero attached hydrogens (tertiary/aromatic N) is 3. The van der Waals surface area contributed by atoms with Crippen LogP contribution in [-0.2, 0) is 6.42 Å². The van der Waals surface area contributed by atoms with Gasteiger partial charge in [0.1, 0.15) is 5.69 Å². The Labute approximate surface area is 160 Å². The van der Waals surface area contributed by atoms with Gasteiger partial charge < -0.3 is 10.4 Å². The van der Waals surface area contributed by atoms with Crippen molar-refractivity contribution < 1.29 is 19.5 Å². The third-order valence-corrected chi connectivity index (χ3v) is 5.19. The molecule has 28 heavy (non-hydrogen) atoms. The van der Waals surface area contributed by atoms with Gasteiger partial charge in [-0.15, -0.1) is 0 Å². The van der Waals surface area contributed by atoms with Crippen LogP contribution in [0.4, 0.5) is 0 Å². The van der Waals surface area contributed by atoms with Crippen molar-refractivity contribution >= 4 is 23.3 Å². The molecule has 0 radical (unpaired) electrons. The highest BCUT2D eigenvalue weighted by molar-refractivity contribution is 5.97. The molecule has 3 aromatic rings. The van der Waals surface area contributed by atoms with E-state index in [-0.39, 0.29) is 23.2 Å². The normalized spacial score (nSPS) is 15.4. The lowest BCUT2D eigenvalue weighted by Crippen LogP contribution is -2.29. The van der Waals surface area contributed by atoms with Crippen molar-refractivity contribution in [1.29, 1.82) is 0 Å². The number of aromatic carboxylic acids is 1. The van der Waals surface area contributed by atoms with E-state index in [2.05, 4.69) is 15.4 Å². The molecule has 2 aromatic heterocycles. The molecule has 0 spiro atoms. The van der Waals surface area contributed by atoms with Crippen molar-refractivity contribution in [3.05, 3.63) is 64.1 Å². The zero-order valence-corrected chi connectivity index (χ0v) is 15.4. The molecule has 0 saturated carbocycles. The van der Waals surface area contributed by atoms with E-state index in [1.54, 1.807) is 19.1 Å². The van der Waals surface area contributed by atoms with Gasteiger partial charge in [0.15, 0.2) is 17.1 Å². The molecule has 1 aromatic carbocycles. The number of Topliss-reactive ketones (excluding diaryl/α,β-unsaturated/α-hetero) is 1. The Hall–Kier alpha value is -3.55. The Morgan fingerprint density at radius 1 is 1.25 bits per heavy atom. The number of nitrogens with one attached hydrogen (secondary N) is 1. The molecule has 2 heterocycles. The number of ketones is 1. The van der Waals surface area contributed by atoms with Crippen molar-refractivity contribution in [3.8, 4) is 0 Å². The van der Waals surface area contributed by atoms with Crippen LogP contribution in [0.5, 0.6) is 0 Å². The van der Waals surface area contributed by atoms with Gasteiger partial charge in [0.2, 0.25) is 0 Å². The molecule has 0 saturated heterocycles. The van der Waals surface area contributed by atoms with E-state index in [9.17, 15) is 19.5 Å². The van der Waals surface area contributed by atoms with E-state index in [0.717, 1.165) is 23.1 Å². The highest BCUT2D eigenvalue weighted by Gasteiger charge is 2.28. The number of carbonyl (C=O) groups excluding carboxylic acids is 2. The Bertz CT molecular complexity index is 1150. The molecule has 0 fully saturated rings. The van der Waals surface area contributed by atoms with Crippen molar-refractivity contribution in [2.75, 3.05) is 0 Å². The third-order valence-electron chi connectivity index (χ3n) is 5.19. The summed E-state index contributed by atoms with van der Waals surface area (Å²) in [5, 5.41) is 16.3. The van der Waals surface area contributed by atoms with Gasteiger partial charge in [-0.3, -0.25) is 9.59 Å². The molecule has 0 unspecified atom stereocenters. The van der Waals surface area contributed by atoms with Crippen LogP contribution in [0, 0.1) is 6.92 Å². The first-order valence-corrected chi connectivity index (χ1v) is 8.89. The summed E-state index contributed by atoms with van der Waals surface area (Å²) in [6, 6.07) is 6.23. The van der Waals surface area contributed by atoms with Gasteiger partial charge in [-0.05, 0) is 43.4 Å². The topological polar surface area (TPSA) is 114 Å². The van der Waals surface area contributed by atoms with Crippen molar-refractivity contribution in [2.24, 2.45) is 0 Å². The number of carbonyl (C=O) groups is 3. The van der Waals surface area contributed by atoms with Crippen molar-refractivity contribution in [3.63, 3.8) is 0 Å². The number of fused-ring (bicyclic) bond motifs is 2. The lowest BCUT2D eigenvalue weighted by Gasteiger charge is -2.16. The molecular formula is C20H18N4O4. The first-order valence-electron chi connectivity index (χ1n) is 8.89. The Morgan fingerprint density at radius 2 is 2.04 bits per heavy atom.